The minimum absolute atomic E-state index is 0. The highest BCUT2D eigenvalue weighted by Crippen LogP contribution is 2.16. The molecular weight excluding hydrogens is 333 g/mol. The summed E-state index contributed by atoms with van der Waals surface area (Å²) in [5, 5.41) is 0.940. The fourth-order valence-electron chi connectivity index (χ4n) is 1.68. The Balaban J connectivity index is 0.00000200. The van der Waals surface area contributed by atoms with Crippen LogP contribution >= 0.6 is 36.2 Å². The number of nitrogens with zero attached hydrogens (tertiary/aromatic N) is 2. The Hall–Kier alpha value is -1.08. The van der Waals surface area contributed by atoms with Crippen LogP contribution < -0.4 is 5.73 Å². The Labute approximate surface area is 140 Å². The van der Waals surface area contributed by atoms with E-state index in [1.807, 2.05) is 6.20 Å². The van der Waals surface area contributed by atoms with E-state index in [4.69, 9.17) is 10.2 Å². The molecule has 5 nitrogen and oxygen atoms in total. The van der Waals surface area contributed by atoms with Crippen LogP contribution in [0.5, 0.6) is 0 Å². The Bertz CT molecular complexity index is 571. The van der Waals surface area contributed by atoms with Crippen molar-refractivity contribution >= 4 is 42.1 Å². The van der Waals surface area contributed by atoms with Crippen LogP contribution in [0.2, 0.25) is 0 Å². The first-order valence-electron chi connectivity index (χ1n) is 6.10. The number of aromatic nitrogens is 1. The number of halogens is 2. The molecular formula is C13H19Cl2N3O2S. The molecule has 0 fully saturated rings. The maximum Gasteiger partial charge on any atom is 0.257 e. The van der Waals surface area contributed by atoms with Gasteiger partial charge in [0.25, 0.3) is 5.91 Å². The topological polar surface area (TPSA) is 72.4 Å². The molecule has 2 aromatic heterocycles. The number of nitrogens with two attached hydrogens (primary N) is 1. The van der Waals surface area contributed by atoms with Crippen molar-refractivity contribution in [3.63, 3.8) is 0 Å². The molecule has 0 bridgehead atoms. The standard InChI is InChI=1S/C13H17N3O2S.2ClH/c1-3-11-6-15-12(19-11)7-16(2)13(17)9-4-10(5-14)18-8-9;;/h4,6,8H,3,5,7,14H2,1-2H3;2*1H. The van der Waals surface area contributed by atoms with Crippen LogP contribution in [-0.4, -0.2) is 22.8 Å². The van der Waals surface area contributed by atoms with Crippen molar-refractivity contribution in [2.24, 2.45) is 5.73 Å². The van der Waals surface area contributed by atoms with Crippen molar-refractivity contribution in [3.8, 4) is 0 Å². The summed E-state index contributed by atoms with van der Waals surface area (Å²) in [6, 6.07) is 1.68. The number of hydrogen-bond donors (Lipinski definition) is 1. The SMILES string of the molecule is CCc1cnc(CN(C)C(=O)c2coc(CN)c2)s1.Cl.Cl. The van der Waals surface area contributed by atoms with Crippen LogP contribution in [0.4, 0.5) is 0 Å². The van der Waals surface area contributed by atoms with Gasteiger partial charge in [-0.05, 0) is 12.5 Å². The first-order valence-corrected chi connectivity index (χ1v) is 6.92. The third-order valence-corrected chi connectivity index (χ3v) is 3.90. The predicted octanol–water partition coefficient (Wildman–Crippen LogP) is 2.87. The lowest BCUT2D eigenvalue weighted by Crippen LogP contribution is -2.25. The van der Waals surface area contributed by atoms with Gasteiger partial charge in [-0.25, -0.2) is 4.98 Å². The van der Waals surface area contributed by atoms with Crippen molar-refractivity contribution in [2.75, 3.05) is 7.05 Å². The largest absolute Gasteiger partial charge is 0.467 e. The molecule has 2 aromatic rings. The molecule has 0 radical (unpaired) electrons. The molecule has 2 N–H and O–H groups in total. The molecule has 0 aliphatic carbocycles. The number of aryl methyl sites for hydroxylation is 1. The number of carbonyl (C=O) groups is 1. The monoisotopic (exact) mass is 351 g/mol. The van der Waals surface area contributed by atoms with E-state index in [1.54, 1.807) is 29.4 Å². The number of thiazole rings is 1. The maximum atomic E-state index is 12.2. The summed E-state index contributed by atoms with van der Waals surface area (Å²) in [6.07, 6.45) is 4.28. The molecule has 21 heavy (non-hydrogen) atoms. The molecule has 2 heterocycles. The van der Waals surface area contributed by atoms with Gasteiger partial charge in [-0.3, -0.25) is 4.79 Å². The van der Waals surface area contributed by atoms with Crippen molar-refractivity contribution in [1.29, 1.82) is 0 Å². The first-order chi connectivity index (χ1) is 9.13. The average Bonchev–Trinajstić information content (AvgIpc) is 3.06. The quantitative estimate of drug-likeness (QED) is 0.898. The van der Waals surface area contributed by atoms with Crippen LogP contribution in [0.25, 0.3) is 0 Å². The molecule has 2 rings (SSSR count). The fraction of sp³-hybridized carbons (Fsp3) is 0.385. The van der Waals surface area contributed by atoms with E-state index in [0.717, 1.165) is 11.4 Å². The molecule has 0 aliphatic rings. The molecule has 0 unspecified atom stereocenters. The van der Waals surface area contributed by atoms with E-state index < -0.39 is 0 Å². The predicted molar refractivity (Wildman–Crippen MR) is 88.4 cm³/mol. The summed E-state index contributed by atoms with van der Waals surface area (Å²) in [5.74, 6) is 0.524. The highest BCUT2D eigenvalue weighted by atomic mass is 35.5. The maximum absolute atomic E-state index is 12.2. The summed E-state index contributed by atoms with van der Waals surface area (Å²) in [4.78, 5) is 19.3. The Morgan fingerprint density at radius 2 is 2.19 bits per heavy atom. The number of hydrogen-bond acceptors (Lipinski definition) is 5. The zero-order valence-corrected chi connectivity index (χ0v) is 14.3. The Morgan fingerprint density at radius 1 is 1.48 bits per heavy atom. The molecule has 1 amide bonds. The molecule has 0 saturated heterocycles. The van der Waals surface area contributed by atoms with E-state index in [1.165, 1.54) is 11.1 Å². The molecule has 118 valence electrons. The van der Waals surface area contributed by atoms with E-state index in [9.17, 15) is 4.79 Å². The van der Waals surface area contributed by atoms with Gasteiger partial charge in [0.2, 0.25) is 0 Å². The van der Waals surface area contributed by atoms with Crippen molar-refractivity contribution < 1.29 is 9.21 Å². The second kappa shape index (κ2) is 9.04. The number of carbonyl (C=O) groups excluding carboxylic acids is 1. The normalized spacial score (nSPS) is 9.67. The lowest BCUT2D eigenvalue weighted by molar-refractivity contribution is 0.0784. The Morgan fingerprint density at radius 3 is 2.71 bits per heavy atom. The van der Waals surface area contributed by atoms with Crippen LogP contribution in [0.3, 0.4) is 0 Å². The molecule has 0 atom stereocenters. The number of amides is 1. The minimum Gasteiger partial charge on any atom is -0.467 e. The third-order valence-electron chi connectivity index (χ3n) is 2.77. The first kappa shape index (κ1) is 19.9. The van der Waals surface area contributed by atoms with E-state index in [2.05, 4.69) is 11.9 Å². The van der Waals surface area contributed by atoms with Gasteiger partial charge < -0.3 is 15.1 Å². The molecule has 0 aromatic carbocycles. The van der Waals surface area contributed by atoms with Crippen molar-refractivity contribution in [3.05, 3.63) is 39.7 Å². The zero-order chi connectivity index (χ0) is 13.8. The number of rotatable bonds is 5. The van der Waals surface area contributed by atoms with Gasteiger partial charge in [-0.1, -0.05) is 6.92 Å². The van der Waals surface area contributed by atoms with Crippen LogP contribution in [0.15, 0.2) is 22.9 Å². The molecule has 0 spiro atoms. The van der Waals surface area contributed by atoms with Crippen molar-refractivity contribution in [1.82, 2.24) is 9.88 Å². The number of furan rings is 1. The summed E-state index contributed by atoms with van der Waals surface area (Å²) < 4.78 is 5.17. The van der Waals surface area contributed by atoms with E-state index in [0.29, 0.717) is 24.4 Å². The third kappa shape index (κ3) is 5.00. The van der Waals surface area contributed by atoms with Crippen LogP contribution in [0.1, 0.15) is 32.9 Å². The highest BCUT2D eigenvalue weighted by molar-refractivity contribution is 7.11. The van der Waals surface area contributed by atoms with Gasteiger partial charge in [0.1, 0.15) is 17.0 Å². The van der Waals surface area contributed by atoms with E-state index >= 15 is 0 Å². The van der Waals surface area contributed by atoms with Gasteiger partial charge >= 0.3 is 0 Å². The van der Waals surface area contributed by atoms with Crippen LogP contribution in [-0.2, 0) is 19.5 Å². The summed E-state index contributed by atoms with van der Waals surface area (Å²) in [7, 11) is 1.75. The molecule has 0 aliphatic heterocycles. The van der Waals surface area contributed by atoms with Gasteiger partial charge in [-0.15, -0.1) is 36.2 Å². The second-order valence-corrected chi connectivity index (χ2v) is 5.44. The van der Waals surface area contributed by atoms with Gasteiger partial charge in [0, 0.05) is 18.1 Å². The van der Waals surface area contributed by atoms with Gasteiger partial charge in [-0.2, -0.15) is 0 Å². The fourth-order valence-corrected chi connectivity index (χ4v) is 2.60. The van der Waals surface area contributed by atoms with Crippen LogP contribution in [0, 0.1) is 0 Å². The lowest BCUT2D eigenvalue weighted by Gasteiger charge is -2.14. The molecule has 8 heteroatoms. The van der Waals surface area contributed by atoms with E-state index in [-0.39, 0.29) is 30.7 Å². The Kier molecular flexibility index (Phi) is 8.58. The van der Waals surface area contributed by atoms with Crippen molar-refractivity contribution in [2.45, 2.75) is 26.4 Å². The lowest BCUT2D eigenvalue weighted by atomic mass is 10.2. The summed E-state index contributed by atoms with van der Waals surface area (Å²) in [5.41, 5.74) is 5.98. The highest BCUT2D eigenvalue weighted by Gasteiger charge is 2.16. The molecule has 0 saturated carbocycles. The second-order valence-electron chi connectivity index (χ2n) is 4.24. The average molecular weight is 352 g/mol. The minimum atomic E-state index is -0.0864. The van der Waals surface area contributed by atoms with Gasteiger partial charge in [0.15, 0.2) is 0 Å². The smallest absolute Gasteiger partial charge is 0.257 e. The van der Waals surface area contributed by atoms with Gasteiger partial charge in [0.05, 0.1) is 18.7 Å². The summed E-state index contributed by atoms with van der Waals surface area (Å²) in [6.45, 7) is 2.89. The zero-order valence-electron chi connectivity index (χ0n) is 11.9. The summed E-state index contributed by atoms with van der Waals surface area (Å²) >= 11 is 1.64.